The van der Waals surface area contributed by atoms with Gasteiger partial charge >= 0.3 is 0 Å². The lowest BCUT2D eigenvalue weighted by Crippen LogP contribution is -2.50. The van der Waals surface area contributed by atoms with Crippen LogP contribution >= 0.6 is 0 Å². The Morgan fingerprint density at radius 2 is 1.76 bits per heavy atom. The van der Waals surface area contributed by atoms with E-state index in [1.165, 1.54) is 4.31 Å². The van der Waals surface area contributed by atoms with Crippen LogP contribution in [0.2, 0.25) is 0 Å². The first-order valence-electron chi connectivity index (χ1n) is 10.2. The van der Waals surface area contributed by atoms with E-state index >= 15 is 0 Å². The molecule has 162 valence electrons. The fourth-order valence-corrected chi connectivity index (χ4v) is 7.59. The predicted molar refractivity (Wildman–Crippen MR) is 110 cm³/mol. The highest BCUT2D eigenvalue weighted by Gasteiger charge is 2.33. The van der Waals surface area contributed by atoms with Crippen LogP contribution in [0.1, 0.15) is 12.0 Å². The summed E-state index contributed by atoms with van der Waals surface area (Å²) in [5.41, 5.74) is 0.983. The average Bonchev–Trinajstić information content (AvgIpc) is 3.09. The number of ether oxygens (including phenoxy) is 1. The number of rotatable bonds is 5. The zero-order valence-corrected chi connectivity index (χ0v) is 18.2. The molecule has 29 heavy (non-hydrogen) atoms. The van der Waals surface area contributed by atoms with Crippen LogP contribution in [0.25, 0.3) is 0 Å². The molecule has 0 radical (unpaired) electrons. The number of piperazine rings is 1. The van der Waals surface area contributed by atoms with E-state index in [4.69, 9.17) is 4.74 Å². The molecular weight excluding hydrogens is 414 g/mol. The summed E-state index contributed by atoms with van der Waals surface area (Å²) in [6, 6.07) is 7.37. The molecule has 0 saturated carbocycles. The van der Waals surface area contributed by atoms with Crippen molar-refractivity contribution >= 4 is 19.9 Å². The Bertz CT molecular complexity index is 921. The minimum Gasteiger partial charge on any atom is -0.379 e. The Kier molecular flexibility index (Phi) is 6.29. The Balaban J connectivity index is 1.35. The fourth-order valence-electron chi connectivity index (χ4n) is 4.35. The zero-order valence-electron chi connectivity index (χ0n) is 16.6. The van der Waals surface area contributed by atoms with Crippen molar-refractivity contribution in [3.63, 3.8) is 0 Å². The molecule has 0 aromatic heterocycles. The molecule has 0 amide bonds. The van der Waals surface area contributed by atoms with E-state index in [1.807, 2.05) is 12.1 Å². The van der Waals surface area contributed by atoms with Gasteiger partial charge in [-0.05, 0) is 24.1 Å². The van der Waals surface area contributed by atoms with Gasteiger partial charge in [-0.2, -0.15) is 4.31 Å². The molecule has 0 N–H and O–H groups in total. The van der Waals surface area contributed by atoms with E-state index in [-0.39, 0.29) is 11.8 Å². The van der Waals surface area contributed by atoms with Gasteiger partial charge in [-0.1, -0.05) is 12.1 Å². The topological polar surface area (TPSA) is 87.2 Å². The van der Waals surface area contributed by atoms with Crippen LogP contribution in [-0.4, -0.2) is 101 Å². The highest BCUT2D eigenvalue weighted by atomic mass is 32.2. The molecule has 3 heterocycles. The van der Waals surface area contributed by atoms with Crippen molar-refractivity contribution in [3.8, 4) is 0 Å². The highest BCUT2D eigenvalue weighted by molar-refractivity contribution is 7.91. The summed E-state index contributed by atoms with van der Waals surface area (Å²) in [6.07, 6.45) is 0.740. The monoisotopic (exact) mass is 443 g/mol. The van der Waals surface area contributed by atoms with Crippen LogP contribution in [0.5, 0.6) is 0 Å². The van der Waals surface area contributed by atoms with Crippen LogP contribution in [-0.2, 0) is 31.1 Å². The lowest BCUT2D eigenvalue weighted by Gasteiger charge is -2.37. The third-order valence-corrected chi connectivity index (χ3v) is 9.69. The molecule has 8 nitrogen and oxygen atoms in total. The molecular formula is C19H29N3O5S2. The largest absolute Gasteiger partial charge is 0.379 e. The Labute approximate surface area is 173 Å². The molecule has 0 bridgehead atoms. The molecule has 3 fully saturated rings. The summed E-state index contributed by atoms with van der Waals surface area (Å²) in [6.45, 7) is 5.78. The molecule has 3 aliphatic rings. The number of morpholine rings is 1. The molecule has 1 atom stereocenters. The maximum Gasteiger partial charge on any atom is 0.243 e. The van der Waals surface area contributed by atoms with Gasteiger partial charge in [-0.15, -0.1) is 0 Å². The lowest BCUT2D eigenvalue weighted by atomic mass is 10.1. The summed E-state index contributed by atoms with van der Waals surface area (Å²) in [4.78, 5) is 4.94. The minimum absolute atomic E-state index is 0.157. The molecule has 0 aliphatic carbocycles. The second kappa shape index (κ2) is 8.60. The lowest BCUT2D eigenvalue weighted by molar-refractivity contribution is 0.0730. The Morgan fingerprint density at radius 1 is 1.03 bits per heavy atom. The van der Waals surface area contributed by atoms with Crippen molar-refractivity contribution in [2.75, 3.05) is 64.0 Å². The van der Waals surface area contributed by atoms with Gasteiger partial charge < -0.3 is 4.74 Å². The Hall–Kier alpha value is -1.04. The summed E-state index contributed by atoms with van der Waals surface area (Å²) in [5.74, 6) is 0.594. The van der Waals surface area contributed by atoms with E-state index in [1.54, 1.807) is 12.1 Å². The van der Waals surface area contributed by atoms with Crippen LogP contribution in [0.15, 0.2) is 29.2 Å². The quantitative estimate of drug-likeness (QED) is 0.634. The van der Waals surface area contributed by atoms with E-state index in [2.05, 4.69) is 9.80 Å². The van der Waals surface area contributed by atoms with Crippen LogP contribution < -0.4 is 0 Å². The molecule has 3 aliphatic heterocycles. The average molecular weight is 444 g/mol. The summed E-state index contributed by atoms with van der Waals surface area (Å²) >= 11 is 0. The summed E-state index contributed by atoms with van der Waals surface area (Å²) in [5, 5.41) is 0. The molecule has 1 unspecified atom stereocenters. The van der Waals surface area contributed by atoms with Gasteiger partial charge in [-0.25, -0.2) is 16.8 Å². The minimum atomic E-state index is -3.49. The predicted octanol–water partition coefficient (Wildman–Crippen LogP) is 0.0122. The van der Waals surface area contributed by atoms with E-state index in [9.17, 15) is 16.8 Å². The Morgan fingerprint density at radius 3 is 2.41 bits per heavy atom. The number of hydrogen-bond acceptors (Lipinski definition) is 7. The van der Waals surface area contributed by atoms with Crippen molar-refractivity contribution < 1.29 is 21.6 Å². The molecule has 1 aromatic rings. The molecule has 10 heteroatoms. The fraction of sp³-hybridized carbons (Fsp3) is 0.684. The van der Waals surface area contributed by atoms with Gasteiger partial charge in [0.05, 0.1) is 29.6 Å². The van der Waals surface area contributed by atoms with E-state index < -0.39 is 19.9 Å². The van der Waals surface area contributed by atoms with Crippen molar-refractivity contribution in [1.29, 1.82) is 0 Å². The van der Waals surface area contributed by atoms with Crippen LogP contribution in [0, 0.1) is 0 Å². The number of sulfone groups is 1. The number of hydrogen-bond donors (Lipinski definition) is 0. The number of sulfonamides is 1. The molecule has 3 saturated heterocycles. The van der Waals surface area contributed by atoms with Crippen molar-refractivity contribution in [1.82, 2.24) is 14.1 Å². The van der Waals surface area contributed by atoms with Crippen LogP contribution in [0.4, 0.5) is 0 Å². The molecule has 1 aromatic carbocycles. The third-order valence-electron chi connectivity index (χ3n) is 6.04. The van der Waals surface area contributed by atoms with E-state index in [0.29, 0.717) is 43.5 Å². The maximum absolute atomic E-state index is 12.9. The first-order chi connectivity index (χ1) is 13.8. The molecule has 0 spiro atoms. The van der Waals surface area contributed by atoms with Gasteiger partial charge in [0, 0.05) is 51.9 Å². The van der Waals surface area contributed by atoms with E-state index in [0.717, 1.165) is 38.2 Å². The highest BCUT2D eigenvalue weighted by Crippen LogP contribution is 2.22. The number of benzene rings is 1. The second-order valence-corrected chi connectivity index (χ2v) is 12.2. The zero-order chi connectivity index (χ0) is 20.5. The normalized spacial score (nSPS) is 27.2. The standard InChI is InChI=1S/C19H29N3O5S2/c23-28(24)13-4-18(16-28)21-7-5-20(6-8-21)15-17-2-1-3-19(14-17)29(25,26)22-9-11-27-12-10-22/h1-3,14,18H,4-13,15-16H2. The van der Waals surface area contributed by atoms with Gasteiger partial charge in [0.2, 0.25) is 10.0 Å². The second-order valence-electron chi connectivity index (χ2n) is 8.03. The van der Waals surface area contributed by atoms with Gasteiger partial charge in [-0.3, -0.25) is 9.80 Å². The van der Waals surface area contributed by atoms with Gasteiger partial charge in [0.1, 0.15) is 0 Å². The molecule has 4 rings (SSSR count). The van der Waals surface area contributed by atoms with Crippen molar-refractivity contribution in [2.24, 2.45) is 0 Å². The summed E-state index contributed by atoms with van der Waals surface area (Å²) in [7, 11) is -6.35. The van der Waals surface area contributed by atoms with Crippen molar-refractivity contribution in [2.45, 2.75) is 23.9 Å². The summed E-state index contributed by atoms with van der Waals surface area (Å²) < 4.78 is 55.9. The van der Waals surface area contributed by atoms with Crippen LogP contribution in [0.3, 0.4) is 0 Å². The number of nitrogens with zero attached hydrogens (tertiary/aromatic N) is 3. The first-order valence-corrected chi connectivity index (χ1v) is 13.4. The van der Waals surface area contributed by atoms with Gasteiger partial charge in [0.15, 0.2) is 9.84 Å². The SMILES string of the molecule is O=S1(=O)CCC(N2CCN(Cc3cccc(S(=O)(=O)N4CCOCC4)c3)CC2)C1. The maximum atomic E-state index is 12.9. The van der Waals surface area contributed by atoms with Crippen molar-refractivity contribution in [3.05, 3.63) is 29.8 Å². The van der Waals surface area contributed by atoms with Gasteiger partial charge in [0.25, 0.3) is 0 Å². The smallest absolute Gasteiger partial charge is 0.243 e. The third kappa shape index (κ3) is 5.00. The first kappa shape index (κ1) is 21.2.